The Bertz CT molecular complexity index is 1080. The Labute approximate surface area is 204 Å². The molecule has 1 atom stereocenters. The number of carbonyl (C=O) groups is 2. The van der Waals surface area contributed by atoms with E-state index in [0.29, 0.717) is 25.2 Å². The first-order chi connectivity index (χ1) is 16.0. The molecule has 1 N–H and O–H groups in total. The van der Waals surface area contributed by atoms with E-state index in [1.807, 2.05) is 57.2 Å². The molecule has 0 aromatic heterocycles. The average Bonchev–Trinajstić information content (AvgIpc) is 2.78. The Morgan fingerprint density at radius 3 is 2.38 bits per heavy atom. The third kappa shape index (κ3) is 7.87. The Balaban J connectivity index is 2.16. The largest absolute Gasteiger partial charge is 0.354 e. The Morgan fingerprint density at radius 1 is 1.06 bits per heavy atom. The lowest BCUT2D eigenvalue weighted by atomic mass is 10.1. The zero-order chi connectivity index (χ0) is 25.3. The number of benzene rings is 2. The van der Waals surface area contributed by atoms with Crippen molar-refractivity contribution in [3.63, 3.8) is 0 Å². The van der Waals surface area contributed by atoms with Gasteiger partial charge in [0, 0.05) is 26.1 Å². The summed E-state index contributed by atoms with van der Waals surface area (Å²) in [5.74, 6) is -0.376. The molecule has 2 aromatic carbocycles. The number of nitrogens with one attached hydrogen (secondary N) is 1. The van der Waals surface area contributed by atoms with Crippen molar-refractivity contribution in [2.24, 2.45) is 0 Å². The van der Waals surface area contributed by atoms with Gasteiger partial charge < -0.3 is 10.2 Å². The van der Waals surface area contributed by atoms with Gasteiger partial charge in [0.05, 0.1) is 11.9 Å². The van der Waals surface area contributed by atoms with E-state index in [4.69, 9.17) is 0 Å². The van der Waals surface area contributed by atoms with Crippen molar-refractivity contribution in [2.75, 3.05) is 23.7 Å². The zero-order valence-corrected chi connectivity index (χ0v) is 21.7. The van der Waals surface area contributed by atoms with E-state index in [-0.39, 0.29) is 24.8 Å². The highest BCUT2D eigenvalue weighted by Crippen LogP contribution is 2.23. The number of hydrogen-bond acceptors (Lipinski definition) is 4. The molecule has 0 aliphatic rings. The van der Waals surface area contributed by atoms with Crippen LogP contribution in [0.15, 0.2) is 48.5 Å². The number of anilines is 1. The highest BCUT2D eigenvalue weighted by molar-refractivity contribution is 7.92. The number of para-hydroxylation sites is 1. The number of carbonyl (C=O) groups excluding carboxylic acids is 2. The molecule has 0 saturated carbocycles. The van der Waals surface area contributed by atoms with Crippen LogP contribution >= 0.6 is 0 Å². The molecule has 0 bridgehead atoms. The standard InChI is InChI=1S/C26H37N3O4S/c1-6-16-27-26(31)22(4)28(19-23-13-9-11-20(2)18-23)25(30)15-10-17-29(34(5,32)33)24-14-8-7-12-21(24)3/h7-9,11-14,18,22H,6,10,15-17,19H2,1-5H3,(H,27,31). The molecule has 186 valence electrons. The van der Waals surface area contributed by atoms with Crippen molar-refractivity contribution >= 4 is 27.5 Å². The molecule has 0 radical (unpaired) electrons. The van der Waals surface area contributed by atoms with Gasteiger partial charge in [-0.05, 0) is 50.8 Å². The molecule has 0 heterocycles. The van der Waals surface area contributed by atoms with Gasteiger partial charge in [0.1, 0.15) is 6.04 Å². The number of aryl methyl sites for hydroxylation is 2. The van der Waals surface area contributed by atoms with Gasteiger partial charge >= 0.3 is 0 Å². The summed E-state index contributed by atoms with van der Waals surface area (Å²) in [6, 6.07) is 14.5. The van der Waals surface area contributed by atoms with Gasteiger partial charge in [0.25, 0.3) is 0 Å². The van der Waals surface area contributed by atoms with Crippen molar-refractivity contribution in [3.05, 3.63) is 65.2 Å². The summed E-state index contributed by atoms with van der Waals surface area (Å²) in [6.07, 6.45) is 2.46. The molecule has 0 spiro atoms. The van der Waals surface area contributed by atoms with Crippen LogP contribution < -0.4 is 9.62 Å². The van der Waals surface area contributed by atoms with E-state index in [1.54, 1.807) is 24.0 Å². The fraction of sp³-hybridized carbons (Fsp3) is 0.462. The van der Waals surface area contributed by atoms with Crippen LogP contribution in [0.5, 0.6) is 0 Å². The van der Waals surface area contributed by atoms with Crippen LogP contribution in [-0.2, 0) is 26.2 Å². The van der Waals surface area contributed by atoms with E-state index in [0.717, 1.165) is 23.1 Å². The van der Waals surface area contributed by atoms with Crippen molar-refractivity contribution in [1.82, 2.24) is 10.2 Å². The summed E-state index contributed by atoms with van der Waals surface area (Å²) < 4.78 is 26.2. The van der Waals surface area contributed by atoms with E-state index in [9.17, 15) is 18.0 Å². The van der Waals surface area contributed by atoms with E-state index < -0.39 is 16.1 Å². The van der Waals surface area contributed by atoms with Gasteiger partial charge in [-0.25, -0.2) is 8.42 Å². The molecule has 2 rings (SSSR count). The van der Waals surface area contributed by atoms with Crippen molar-refractivity contribution in [3.8, 4) is 0 Å². The first-order valence-corrected chi connectivity index (χ1v) is 13.6. The molecule has 8 heteroatoms. The third-order valence-electron chi connectivity index (χ3n) is 5.69. The Hall–Kier alpha value is -2.87. The normalized spacial score (nSPS) is 12.1. The quantitative estimate of drug-likeness (QED) is 0.493. The average molecular weight is 488 g/mol. The molecule has 0 aliphatic heterocycles. The SMILES string of the molecule is CCCNC(=O)C(C)N(Cc1cccc(C)c1)C(=O)CCCN(c1ccccc1C)S(C)(=O)=O. The van der Waals surface area contributed by atoms with E-state index in [2.05, 4.69) is 5.32 Å². The van der Waals surface area contributed by atoms with Crippen LogP contribution in [0.25, 0.3) is 0 Å². The molecule has 2 aromatic rings. The smallest absolute Gasteiger partial charge is 0.242 e. The number of rotatable bonds is 12. The predicted molar refractivity (Wildman–Crippen MR) is 137 cm³/mol. The zero-order valence-electron chi connectivity index (χ0n) is 20.9. The van der Waals surface area contributed by atoms with Crippen LogP contribution in [0.3, 0.4) is 0 Å². The highest BCUT2D eigenvalue weighted by Gasteiger charge is 2.26. The van der Waals surface area contributed by atoms with Gasteiger partial charge in [0.2, 0.25) is 21.8 Å². The van der Waals surface area contributed by atoms with Crippen molar-refractivity contribution in [2.45, 2.75) is 59.5 Å². The summed E-state index contributed by atoms with van der Waals surface area (Å²) in [4.78, 5) is 27.5. The molecule has 0 fully saturated rings. The second-order valence-electron chi connectivity index (χ2n) is 8.70. The molecule has 2 amide bonds. The highest BCUT2D eigenvalue weighted by atomic mass is 32.2. The van der Waals surface area contributed by atoms with Gasteiger partial charge in [-0.1, -0.05) is 55.0 Å². The number of hydrogen-bond donors (Lipinski definition) is 1. The third-order valence-corrected chi connectivity index (χ3v) is 6.87. The second-order valence-corrected chi connectivity index (χ2v) is 10.6. The number of amides is 2. The molecule has 0 saturated heterocycles. The lowest BCUT2D eigenvalue weighted by molar-refractivity contribution is -0.140. The number of nitrogens with zero attached hydrogens (tertiary/aromatic N) is 2. The van der Waals surface area contributed by atoms with E-state index >= 15 is 0 Å². The summed E-state index contributed by atoms with van der Waals surface area (Å²) >= 11 is 0. The molecular weight excluding hydrogens is 450 g/mol. The van der Waals surface area contributed by atoms with Gasteiger partial charge in [-0.2, -0.15) is 0 Å². The Morgan fingerprint density at radius 2 is 1.76 bits per heavy atom. The molecule has 7 nitrogen and oxygen atoms in total. The van der Waals surface area contributed by atoms with Crippen LogP contribution in [0.4, 0.5) is 5.69 Å². The molecule has 1 unspecified atom stereocenters. The maximum absolute atomic E-state index is 13.3. The molecular formula is C26H37N3O4S. The van der Waals surface area contributed by atoms with Crippen molar-refractivity contribution in [1.29, 1.82) is 0 Å². The molecule has 0 aliphatic carbocycles. The fourth-order valence-electron chi connectivity index (χ4n) is 3.81. The summed E-state index contributed by atoms with van der Waals surface area (Å²) in [7, 11) is -3.51. The first-order valence-electron chi connectivity index (χ1n) is 11.7. The van der Waals surface area contributed by atoms with Gasteiger partial charge in [-0.3, -0.25) is 13.9 Å². The van der Waals surface area contributed by atoms with Crippen LogP contribution in [-0.4, -0.2) is 50.5 Å². The topological polar surface area (TPSA) is 86.8 Å². The minimum absolute atomic E-state index is 0.134. The van der Waals surface area contributed by atoms with E-state index in [1.165, 1.54) is 10.6 Å². The fourth-order valence-corrected chi connectivity index (χ4v) is 4.83. The lowest BCUT2D eigenvalue weighted by Gasteiger charge is -2.29. The molecule has 34 heavy (non-hydrogen) atoms. The maximum atomic E-state index is 13.3. The first kappa shape index (κ1) is 27.4. The predicted octanol–water partition coefficient (Wildman–Crippen LogP) is 3.79. The summed E-state index contributed by atoms with van der Waals surface area (Å²) in [6.45, 7) is 8.60. The van der Waals surface area contributed by atoms with Crippen LogP contribution in [0.2, 0.25) is 0 Å². The van der Waals surface area contributed by atoms with Crippen LogP contribution in [0.1, 0.15) is 49.8 Å². The van der Waals surface area contributed by atoms with Crippen molar-refractivity contribution < 1.29 is 18.0 Å². The second kappa shape index (κ2) is 12.6. The maximum Gasteiger partial charge on any atom is 0.242 e. The monoisotopic (exact) mass is 487 g/mol. The van der Waals surface area contributed by atoms with Gasteiger partial charge in [0.15, 0.2) is 0 Å². The Kier molecular flexibility index (Phi) is 10.1. The summed E-state index contributed by atoms with van der Waals surface area (Å²) in [5, 5.41) is 2.87. The minimum atomic E-state index is -3.51. The lowest BCUT2D eigenvalue weighted by Crippen LogP contribution is -2.47. The van der Waals surface area contributed by atoms with Crippen LogP contribution in [0, 0.1) is 13.8 Å². The summed E-state index contributed by atoms with van der Waals surface area (Å²) in [5.41, 5.74) is 3.49. The number of sulfonamides is 1. The minimum Gasteiger partial charge on any atom is -0.354 e. The van der Waals surface area contributed by atoms with Gasteiger partial charge in [-0.15, -0.1) is 0 Å².